The zero-order valence-electron chi connectivity index (χ0n) is 19.4. The van der Waals surface area contributed by atoms with E-state index in [1.54, 1.807) is 12.0 Å². The molecule has 0 spiro atoms. The van der Waals surface area contributed by atoms with Gasteiger partial charge in [0.15, 0.2) is 5.75 Å². The van der Waals surface area contributed by atoms with Crippen LogP contribution in [0.5, 0.6) is 17.2 Å². The molecule has 0 atom stereocenters. The van der Waals surface area contributed by atoms with Crippen molar-refractivity contribution in [2.24, 2.45) is 4.99 Å². The maximum atomic E-state index is 12.6. The Kier molecular flexibility index (Phi) is 6.08. The zero-order chi connectivity index (χ0) is 23.5. The minimum atomic E-state index is -0.294. The molecule has 1 amide bonds. The summed E-state index contributed by atoms with van der Waals surface area (Å²) in [6, 6.07) is 21.5. The Morgan fingerprint density at radius 1 is 0.971 bits per heavy atom. The van der Waals surface area contributed by atoms with Crippen LogP contribution in [0.2, 0.25) is 0 Å². The second-order valence-corrected chi connectivity index (χ2v) is 8.39. The predicted octanol–water partition coefficient (Wildman–Crippen LogP) is 5.14. The molecule has 7 heteroatoms. The number of rotatable bonds is 3. The lowest BCUT2D eigenvalue weighted by molar-refractivity contribution is 0.0826. The molecule has 7 nitrogen and oxygen atoms in total. The van der Waals surface area contributed by atoms with Gasteiger partial charge < -0.3 is 24.0 Å². The summed E-state index contributed by atoms with van der Waals surface area (Å²) in [6.07, 6.45) is -0.294. The summed E-state index contributed by atoms with van der Waals surface area (Å²) < 4.78 is 17.2. The fraction of sp³-hybridized carbons (Fsp3) is 0.259. The Hall–Kier alpha value is -4.00. The number of piperazine rings is 1. The fourth-order valence-electron chi connectivity index (χ4n) is 4.14. The summed E-state index contributed by atoms with van der Waals surface area (Å²) in [4.78, 5) is 21.5. The summed E-state index contributed by atoms with van der Waals surface area (Å²) in [7, 11) is 1.65. The van der Waals surface area contributed by atoms with Crippen molar-refractivity contribution in [3.8, 4) is 17.2 Å². The van der Waals surface area contributed by atoms with Crippen LogP contribution in [0.1, 0.15) is 16.7 Å². The first-order valence-corrected chi connectivity index (χ1v) is 11.4. The first kappa shape index (κ1) is 21.8. The molecule has 2 aliphatic rings. The van der Waals surface area contributed by atoms with Crippen molar-refractivity contribution in [2.45, 2.75) is 13.5 Å². The largest absolute Gasteiger partial charge is 0.497 e. The highest BCUT2D eigenvalue weighted by Gasteiger charge is 2.28. The average Bonchev–Trinajstić information content (AvgIpc) is 3.03. The van der Waals surface area contributed by atoms with Crippen molar-refractivity contribution in [2.75, 3.05) is 33.3 Å². The number of benzene rings is 3. The molecule has 0 aliphatic carbocycles. The van der Waals surface area contributed by atoms with Gasteiger partial charge in [0.2, 0.25) is 0 Å². The molecule has 0 bridgehead atoms. The average molecular weight is 458 g/mol. The van der Waals surface area contributed by atoms with Gasteiger partial charge in [0.05, 0.1) is 12.7 Å². The van der Waals surface area contributed by atoms with Gasteiger partial charge in [-0.15, -0.1) is 0 Å². The molecule has 1 fully saturated rings. The third-order valence-corrected chi connectivity index (χ3v) is 6.03. The van der Waals surface area contributed by atoms with Crippen LogP contribution in [0.3, 0.4) is 0 Å². The zero-order valence-corrected chi connectivity index (χ0v) is 19.4. The maximum Gasteiger partial charge on any atom is 0.410 e. The number of fused-ring (bicyclic) bond motifs is 2. The Balaban J connectivity index is 1.34. The summed E-state index contributed by atoms with van der Waals surface area (Å²) in [6.45, 7) is 4.67. The quantitative estimate of drug-likeness (QED) is 0.545. The smallest absolute Gasteiger partial charge is 0.410 e. The number of amidine groups is 1. The van der Waals surface area contributed by atoms with E-state index in [0.717, 1.165) is 45.5 Å². The van der Waals surface area contributed by atoms with Crippen molar-refractivity contribution in [3.05, 3.63) is 83.4 Å². The molecule has 2 heterocycles. The van der Waals surface area contributed by atoms with Crippen molar-refractivity contribution >= 4 is 17.6 Å². The number of hydrogen-bond donors (Lipinski definition) is 0. The maximum absolute atomic E-state index is 12.6. The van der Waals surface area contributed by atoms with Gasteiger partial charge in [-0.25, -0.2) is 9.79 Å². The number of aliphatic imine (C=N–C) groups is 1. The van der Waals surface area contributed by atoms with Gasteiger partial charge in [0, 0.05) is 26.2 Å². The van der Waals surface area contributed by atoms with Gasteiger partial charge in [-0.1, -0.05) is 36.4 Å². The van der Waals surface area contributed by atoms with E-state index in [4.69, 9.17) is 19.2 Å². The van der Waals surface area contributed by atoms with Crippen LogP contribution in [0, 0.1) is 6.92 Å². The van der Waals surface area contributed by atoms with E-state index >= 15 is 0 Å². The third-order valence-electron chi connectivity index (χ3n) is 6.03. The molecule has 2 aliphatic heterocycles. The minimum Gasteiger partial charge on any atom is -0.497 e. The van der Waals surface area contributed by atoms with E-state index in [9.17, 15) is 4.79 Å². The lowest BCUT2D eigenvalue weighted by Gasteiger charge is -2.36. The third kappa shape index (κ3) is 4.55. The number of ether oxygens (including phenoxy) is 3. The number of amides is 1. The monoisotopic (exact) mass is 457 g/mol. The van der Waals surface area contributed by atoms with Crippen LogP contribution in [-0.2, 0) is 11.3 Å². The summed E-state index contributed by atoms with van der Waals surface area (Å²) in [5, 5.41) is 0. The first-order chi connectivity index (χ1) is 16.6. The summed E-state index contributed by atoms with van der Waals surface area (Å²) in [5.74, 6) is 3.01. The van der Waals surface area contributed by atoms with Gasteiger partial charge in [-0.05, 0) is 48.4 Å². The van der Waals surface area contributed by atoms with Crippen LogP contribution in [0.15, 0.2) is 71.7 Å². The van der Waals surface area contributed by atoms with Crippen LogP contribution >= 0.6 is 0 Å². The van der Waals surface area contributed by atoms with E-state index in [2.05, 4.69) is 4.90 Å². The van der Waals surface area contributed by atoms with E-state index in [1.165, 1.54) is 0 Å². The molecule has 1 saturated heterocycles. The van der Waals surface area contributed by atoms with Crippen LogP contribution in [0.4, 0.5) is 10.5 Å². The molecular formula is C27H27N3O4. The van der Waals surface area contributed by atoms with Crippen molar-refractivity contribution in [1.82, 2.24) is 9.80 Å². The van der Waals surface area contributed by atoms with Crippen molar-refractivity contribution in [1.29, 1.82) is 0 Å². The van der Waals surface area contributed by atoms with Gasteiger partial charge >= 0.3 is 6.09 Å². The topological polar surface area (TPSA) is 63.6 Å². The number of nitrogens with zero attached hydrogens (tertiary/aromatic N) is 3. The van der Waals surface area contributed by atoms with Gasteiger partial charge in [-0.3, -0.25) is 0 Å². The van der Waals surface area contributed by atoms with Gasteiger partial charge in [0.25, 0.3) is 0 Å². The molecule has 0 radical (unpaired) electrons. The molecule has 3 aromatic rings. The highest BCUT2D eigenvalue weighted by molar-refractivity contribution is 6.04. The second kappa shape index (κ2) is 9.47. The molecule has 34 heavy (non-hydrogen) atoms. The molecule has 5 rings (SSSR count). The second-order valence-electron chi connectivity index (χ2n) is 8.39. The molecule has 0 saturated carbocycles. The number of methoxy groups -OCH3 is 1. The number of aryl methyl sites for hydroxylation is 1. The molecular weight excluding hydrogens is 430 g/mol. The molecule has 0 N–H and O–H groups in total. The van der Waals surface area contributed by atoms with Gasteiger partial charge in [0.1, 0.15) is 29.6 Å². The lowest BCUT2D eigenvalue weighted by atomic mass is 10.1. The van der Waals surface area contributed by atoms with E-state index < -0.39 is 0 Å². The number of carbonyl (C=O) groups excluding carboxylic acids is 1. The Bertz CT molecular complexity index is 1220. The van der Waals surface area contributed by atoms with Crippen LogP contribution < -0.4 is 9.47 Å². The van der Waals surface area contributed by atoms with Crippen LogP contribution in [-0.4, -0.2) is 55.0 Å². The summed E-state index contributed by atoms with van der Waals surface area (Å²) >= 11 is 0. The minimum absolute atomic E-state index is 0.271. The van der Waals surface area contributed by atoms with Crippen LogP contribution in [0.25, 0.3) is 0 Å². The molecule has 3 aromatic carbocycles. The standard InChI is InChI=1S/C27H27N3O4/c1-19-8-10-23-25(16-19)34-24-11-9-21(32-2)17-22(24)26(28-23)29-12-14-30(15-13-29)27(31)33-18-20-6-4-3-5-7-20/h3-11,16-17H,12-15,18H2,1-2H3. The Labute approximate surface area is 199 Å². The van der Waals surface area contributed by atoms with E-state index in [0.29, 0.717) is 26.2 Å². The SMILES string of the molecule is COc1ccc2c(c1)C(N1CCN(C(=O)OCc3ccccc3)CC1)=Nc1ccc(C)cc1O2. The predicted molar refractivity (Wildman–Crippen MR) is 130 cm³/mol. The number of hydrogen-bond acceptors (Lipinski definition) is 6. The number of carbonyl (C=O) groups is 1. The lowest BCUT2D eigenvalue weighted by Crippen LogP contribution is -2.50. The molecule has 0 aromatic heterocycles. The van der Waals surface area contributed by atoms with Crippen molar-refractivity contribution < 1.29 is 19.0 Å². The normalized spacial score (nSPS) is 14.8. The van der Waals surface area contributed by atoms with Crippen molar-refractivity contribution in [3.63, 3.8) is 0 Å². The fourth-order valence-corrected chi connectivity index (χ4v) is 4.14. The highest BCUT2D eigenvalue weighted by atomic mass is 16.6. The molecule has 0 unspecified atom stereocenters. The molecule has 174 valence electrons. The Morgan fingerprint density at radius 2 is 1.76 bits per heavy atom. The summed E-state index contributed by atoms with van der Waals surface area (Å²) in [5.41, 5.74) is 3.73. The Morgan fingerprint density at radius 3 is 2.53 bits per heavy atom. The highest BCUT2D eigenvalue weighted by Crippen LogP contribution is 2.40. The first-order valence-electron chi connectivity index (χ1n) is 11.4. The van der Waals surface area contributed by atoms with E-state index in [1.807, 2.05) is 73.7 Å². The van der Waals surface area contributed by atoms with Gasteiger partial charge in [-0.2, -0.15) is 0 Å². The van der Waals surface area contributed by atoms with E-state index in [-0.39, 0.29) is 12.7 Å².